The molecule has 0 fully saturated rings. The highest BCUT2D eigenvalue weighted by atomic mass is 16.2. The number of nitrogens with one attached hydrogen (secondary N) is 1. The van der Waals surface area contributed by atoms with Crippen LogP contribution in [0.2, 0.25) is 0 Å². The molecule has 0 spiro atoms. The lowest BCUT2D eigenvalue weighted by molar-refractivity contribution is -0.123. The van der Waals surface area contributed by atoms with Crippen molar-refractivity contribution in [2.24, 2.45) is 5.73 Å². The Hall–Kier alpha value is -6.41. The maximum absolute atomic E-state index is 13.1. The zero-order chi connectivity index (χ0) is 31.6. The van der Waals surface area contributed by atoms with Gasteiger partial charge in [-0.25, -0.2) is 9.97 Å². The normalized spacial score (nSPS) is 12.8. The third kappa shape index (κ3) is 5.18. The lowest BCUT2D eigenvalue weighted by atomic mass is 9.92. The van der Waals surface area contributed by atoms with Gasteiger partial charge in [-0.1, -0.05) is 103 Å². The summed E-state index contributed by atoms with van der Waals surface area (Å²) in [4.78, 5) is 45.2. The molecule has 3 N–H and O–H groups in total. The van der Waals surface area contributed by atoms with Gasteiger partial charge >= 0.3 is 0 Å². The van der Waals surface area contributed by atoms with E-state index in [4.69, 9.17) is 5.73 Å². The predicted octanol–water partition coefficient (Wildman–Crippen LogP) is 6.01. The van der Waals surface area contributed by atoms with Crippen LogP contribution in [0.4, 0.5) is 0 Å². The number of nitrogens with two attached hydrogens (primary N) is 1. The number of amides is 3. The van der Waals surface area contributed by atoms with Crippen molar-refractivity contribution in [2.45, 2.75) is 6.42 Å². The van der Waals surface area contributed by atoms with E-state index in [9.17, 15) is 14.4 Å². The summed E-state index contributed by atoms with van der Waals surface area (Å²) in [7, 11) is 0. The van der Waals surface area contributed by atoms with E-state index in [2.05, 4.69) is 15.3 Å². The van der Waals surface area contributed by atoms with Crippen LogP contribution in [-0.2, 0) is 20.8 Å². The van der Waals surface area contributed by atoms with Gasteiger partial charge in [-0.05, 0) is 38.7 Å². The van der Waals surface area contributed by atoms with Gasteiger partial charge in [0.2, 0.25) is 5.91 Å². The van der Waals surface area contributed by atoms with Crippen molar-refractivity contribution in [3.05, 3.63) is 151 Å². The summed E-state index contributed by atoms with van der Waals surface area (Å²) in [5, 5.41) is 7.56. The number of aromatic nitrogens is 3. The molecule has 7 aromatic rings. The van der Waals surface area contributed by atoms with Gasteiger partial charge in [0.05, 0.1) is 41.2 Å². The smallest absolute Gasteiger partial charge is 0.259 e. The fourth-order valence-electron chi connectivity index (χ4n) is 6.06. The van der Waals surface area contributed by atoms with E-state index in [1.54, 1.807) is 12.4 Å². The van der Waals surface area contributed by atoms with Gasteiger partial charge in [0, 0.05) is 17.1 Å². The quantitative estimate of drug-likeness (QED) is 0.234. The van der Waals surface area contributed by atoms with Gasteiger partial charge in [0.25, 0.3) is 11.8 Å². The second-order valence-corrected chi connectivity index (χ2v) is 10.9. The molecule has 0 saturated heterocycles. The molecule has 8 nitrogen and oxygen atoms in total. The molecular formula is C38H27N5O3. The molecule has 1 aliphatic rings. The molecule has 1 aliphatic heterocycles. The Morgan fingerprint density at radius 3 is 1.93 bits per heavy atom. The minimum Gasteiger partial charge on any atom is -0.369 e. The van der Waals surface area contributed by atoms with Crippen molar-refractivity contribution < 1.29 is 14.4 Å². The third-order valence-corrected chi connectivity index (χ3v) is 8.04. The van der Waals surface area contributed by atoms with E-state index >= 15 is 0 Å². The number of benzene rings is 5. The molecule has 8 heteroatoms. The fraction of sp³-hybridized carbons (Fsp3) is 0.0263. The van der Waals surface area contributed by atoms with Gasteiger partial charge in [-0.15, -0.1) is 0 Å². The Bertz CT molecular complexity index is 2330. The standard InChI is InChI=1S/C26H16N4O2.C12H11NO/c31-25-23(20-10-5-7-16-6-1-2-8-18(16)20)24(26(32)29-25)21-14-30(17-12-27-15-28-13-17)22-11-4-3-9-19(21)22;13-12(14)8-10-6-3-5-9-4-1-2-7-11(9)10/h1-15H,(H,29,31,32);1-7H,8H2,(H2,13,14). The summed E-state index contributed by atoms with van der Waals surface area (Å²) in [6, 6.07) is 35.3. The van der Waals surface area contributed by atoms with Crippen LogP contribution in [0.5, 0.6) is 0 Å². The van der Waals surface area contributed by atoms with E-state index < -0.39 is 5.91 Å². The number of para-hydroxylation sites is 1. The summed E-state index contributed by atoms with van der Waals surface area (Å²) in [5.74, 6) is -1.08. The Morgan fingerprint density at radius 1 is 0.652 bits per heavy atom. The van der Waals surface area contributed by atoms with Crippen molar-refractivity contribution >= 4 is 61.3 Å². The number of hydrogen-bond donors (Lipinski definition) is 2. The van der Waals surface area contributed by atoms with E-state index in [-0.39, 0.29) is 11.8 Å². The molecule has 3 heterocycles. The number of nitrogens with zero attached hydrogens (tertiary/aromatic N) is 3. The van der Waals surface area contributed by atoms with Crippen LogP contribution in [0.3, 0.4) is 0 Å². The zero-order valence-electron chi connectivity index (χ0n) is 24.6. The molecule has 0 aliphatic carbocycles. The predicted molar refractivity (Wildman–Crippen MR) is 180 cm³/mol. The van der Waals surface area contributed by atoms with Crippen LogP contribution in [0.25, 0.3) is 49.3 Å². The molecule has 0 radical (unpaired) electrons. The summed E-state index contributed by atoms with van der Waals surface area (Å²) >= 11 is 0. The molecule has 8 rings (SSSR count). The van der Waals surface area contributed by atoms with Crippen LogP contribution >= 0.6 is 0 Å². The highest BCUT2D eigenvalue weighted by Gasteiger charge is 2.34. The summed E-state index contributed by atoms with van der Waals surface area (Å²) < 4.78 is 1.94. The van der Waals surface area contributed by atoms with Crippen molar-refractivity contribution in [1.82, 2.24) is 19.9 Å². The Morgan fingerprint density at radius 2 is 1.22 bits per heavy atom. The van der Waals surface area contributed by atoms with Crippen LogP contribution < -0.4 is 11.1 Å². The van der Waals surface area contributed by atoms with Gasteiger partial charge < -0.3 is 10.3 Å². The second kappa shape index (κ2) is 11.9. The van der Waals surface area contributed by atoms with Gasteiger partial charge in [0.1, 0.15) is 6.33 Å². The van der Waals surface area contributed by atoms with Crippen LogP contribution in [-0.4, -0.2) is 32.3 Å². The van der Waals surface area contributed by atoms with Crippen molar-refractivity contribution in [3.8, 4) is 5.69 Å². The van der Waals surface area contributed by atoms with Gasteiger partial charge in [0.15, 0.2) is 0 Å². The van der Waals surface area contributed by atoms with Crippen LogP contribution in [0.1, 0.15) is 16.7 Å². The van der Waals surface area contributed by atoms with E-state index in [0.717, 1.165) is 49.3 Å². The average molecular weight is 602 g/mol. The topological polar surface area (TPSA) is 120 Å². The molecule has 222 valence electrons. The molecule has 0 atom stereocenters. The minimum atomic E-state index is -0.398. The first-order valence-corrected chi connectivity index (χ1v) is 14.7. The largest absolute Gasteiger partial charge is 0.369 e. The molecule has 2 aromatic heterocycles. The highest BCUT2D eigenvalue weighted by Crippen LogP contribution is 2.38. The van der Waals surface area contributed by atoms with Gasteiger partial charge in [-0.2, -0.15) is 0 Å². The van der Waals surface area contributed by atoms with Crippen molar-refractivity contribution in [1.29, 1.82) is 0 Å². The highest BCUT2D eigenvalue weighted by molar-refractivity contribution is 6.50. The molecule has 3 amide bonds. The first kappa shape index (κ1) is 28.4. The van der Waals surface area contributed by atoms with Gasteiger partial charge in [-0.3, -0.25) is 19.7 Å². The number of hydrogen-bond acceptors (Lipinski definition) is 5. The number of primary amides is 1. The molecule has 0 saturated carbocycles. The van der Waals surface area contributed by atoms with Crippen molar-refractivity contribution in [3.63, 3.8) is 0 Å². The first-order valence-electron chi connectivity index (χ1n) is 14.7. The minimum absolute atomic E-state index is 0.290. The summed E-state index contributed by atoms with van der Waals surface area (Å²) in [6.07, 6.45) is 7.08. The van der Waals surface area contributed by atoms with E-state index in [0.29, 0.717) is 23.1 Å². The Kier molecular flexibility index (Phi) is 7.36. The number of rotatable bonds is 5. The lowest BCUT2D eigenvalue weighted by Crippen LogP contribution is -2.22. The molecule has 46 heavy (non-hydrogen) atoms. The molecular weight excluding hydrogens is 574 g/mol. The van der Waals surface area contributed by atoms with E-state index in [1.807, 2.05) is 120 Å². The molecule has 0 unspecified atom stereocenters. The maximum Gasteiger partial charge on any atom is 0.259 e. The second-order valence-electron chi connectivity index (χ2n) is 10.9. The Balaban J connectivity index is 0.000000202. The van der Waals surface area contributed by atoms with Crippen LogP contribution in [0, 0.1) is 0 Å². The molecule has 5 aromatic carbocycles. The maximum atomic E-state index is 13.1. The zero-order valence-corrected chi connectivity index (χ0v) is 24.6. The third-order valence-electron chi connectivity index (χ3n) is 8.04. The SMILES string of the molecule is NC(=O)Cc1cccc2ccccc12.O=C1NC(=O)C(c2cn(-c3cncnc3)c3ccccc23)=C1c1cccc2ccccc12. The first-order chi connectivity index (χ1) is 22.5. The van der Waals surface area contributed by atoms with E-state index in [1.165, 1.54) is 6.33 Å². The number of carbonyl (C=O) groups excluding carboxylic acids is 3. The monoisotopic (exact) mass is 601 g/mol. The number of fused-ring (bicyclic) bond motifs is 3. The average Bonchev–Trinajstić information content (AvgIpc) is 3.61. The van der Waals surface area contributed by atoms with Crippen LogP contribution in [0.15, 0.2) is 134 Å². The van der Waals surface area contributed by atoms with Crippen molar-refractivity contribution in [2.75, 3.05) is 0 Å². The lowest BCUT2D eigenvalue weighted by Gasteiger charge is -2.08. The number of carbonyl (C=O) groups is 3. The summed E-state index contributed by atoms with van der Waals surface area (Å²) in [6.45, 7) is 0. The fourth-order valence-corrected chi connectivity index (χ4v) is 6.06. The number of imide groups is 1. The Labute approximate surface area is 263 Å². The molecule has 0 bridgehead atoms. The summed E-state index contributed by atoms with van der Waals surface area (Å²) in [5.41, 5.74) is 10.0.